The van der Waals surface area contributed by atoms with Gasteiger partial charge in [0.1, 0.15) is 24.2 Å². The molecule has 1 aliphatic carbocycles. The van der Waals surface area contributed by atoms with Gasteiger partial charge in [0.2, 0.25) is 5.88 Å². The van der Waals surface area contributed by atoms with Crippen LogP contribution >= 0.6 is 12.4 Å². The molecular formula is C24H27ClFN5O4. The summed E-state index contributed by atoms with van der Waals surface area (Å²) >= 11 is 0. The van der Waals surface area contributed by atoms with Crippen molar-refractivity contribution in [1.82, 2.24) is 9.97 Å². The van der Waals surface area contributed by atoms with E-state index in [2.05, 4.69) is 20.6 Å². The van der Waals surface area contributed by atoms with E-state index < -0.39 is 17.5 Å². The lowest BCUT2D eigenvalue weighted by Crippen LogP contribution is -2.24. The van der Waals surface area contributed by atoms with Gasteiger partial charge in [0, 0.05) is 41.9 Å². The van der Waals surface area contributed by atoms with Gasteiger partial charge in [-0.05, 0) is 49.8 Å². The van der Waals surface area contributed by atoms with Crippen LogP contribution in [0.2, 0.25) is 0 Å². The smallest absolute Gasteiger partial charge is 0.413 e. The van der Waals surface area contributed by atoms with Gasteiger partial charge in [-0.2, -0.15) is 0 Å². The third kappa shape index (κ3) is 4.76. The molecule has 1 saturated carbocycles. The normalized spacial score (nSPS) is 20.9. The minimum absolute atomic E-state index is 0. The van der Waals surface area contributed by atoms with E-state index in [0.29, 0.717) is 54.6 Å². The van der Waals surface area contributed by atoms with Crippen molar-refractivity contribution in [3.05, 3.63) is 35.9 Å². The van der Waals surface area contributed by atoms with E-state index in [4.69, 9.17) is 15.2 Å². The zero-order valence-corrected chi connectivity index (χ0v) is 20.2. The van der Waals surface area contributed by atoms with Crippen LogP contribution in [0.25, 0.3) is 21.9 Å². The molecule has 3 aromatic rings. The second kappa shape index (κ2) is 9.35. The molecule has 186 valence electrons. The number of hydrogen-bond acceptors (Lipinski definition) is 8. The molecule has 2 aliphatic rings. The van der Waals surface area contributed by atoms with Crippen molar-refractivity contribution in [3.63, 3.8) is 0 Å². The van der Waals surface area contributed by atoms with E-state index in [1.54, 1.807) is 25.3 Å². The molecule has 35 heavy (non-hydrogen) atoms. The van der Waals surface area contributed by atoms with Crippen molar-refractivity contribution in [2.24, 2.45) is 0 Å². The van der Waals surface area contributed by atoms with Gasteiger partial charge >= 0.3 is 6.09 Å². The Kier molecular flexibility index (Phi) is 6.61. The van der Waals surface area contributed by atoms with E-state index in [-0.39, 0.29) is 35.6 Å². The number of anilines is 3. The zero-order chi connectivity index (χ0) is 24.0. The van der Waals surface area contributed by atoms with E-state index in [1.165, 1.54) is 6.20 Å². The monoisotopic (exact) mass is 503 g/mol. The van der Waals surface area contributed by atoms with Crippen LogP contribution < -0.4 is 21.1 Å². The number of carbonyl (C=O) groups excluding carboxylic acids is 1. The van der Waals surface area contributed by atoms with Gasteiger partial charge in [0.25, 0.3) is 0 Å². The van der Waals surface area contributed by atoms with E-state index in [9.17, 15) is 9.90 Å². The molecule has 0 unspecified atom stereocenters. The Balaban J connectivity index is 0.00000289. The third-order valence-electron chi connectivity index (χ3n) is 6.41. The summed E-state index contributed by atoms with van der Waals surface area (Å²) < 4.78 is 26.3. The number of nitrogen functional groups attached to an aromatic ring is 1. The number of nitrogens with zero attached hydrogens (tertiary/aromatic N) is 2. The first-order valence-corrected chi connectivity index (χ1v) is 11.2. The average molecular weight is 504 g/mol. The number of ether oxygens (including phenoxy) is 2. The van der Waals surface area contributed by atoms with Crippen molar-refractivity contribution in [1.29, 1.82) is 0 Å². The van der Waals surface area contributed by atoms with Gasteiger partial charge in [-0.25, -0.2) is 19.2 Å². The molecule has 0 saturated heterocycles. The standard InChI is InChI=1S/C24H26FN5O4.ClH/c1-12-16(10-29-22-21(12)27-5-6-33-22)15-7-13-8-18(28-11-17(13)20(26)19(15)25)30-23(31)34-14-3-4-24(2,32)9-14;/h7-8,10-11,14,27,32H,3-6,9,26H2,1-2H3,(H,28,30,31);1H/t14-,24+;/m0./s1. The highest BCUT2D eigenvalue weighted by Gasteiger charge is 2.35. The van der Waals surface area contributed by atoms with Gasteiger partial charge in [0.15, 0.2) is 5.82 Å². The summed E-state index contributed by atoms with van der Waals surface area (Å²) in [6.07, 6.45) is 3.53. The quantitative estimate of drug-likeness (QED) is 0.386. The van der Waals surface area contributed by atoms with E-state index in [0.717, 1.165) is 11.3 Å². The van der Waals surface area contributed by atoms with Crippen LogP contribution in [-0.2, 0) is 4.74 Å². The number of aliphatic hydroxyl groups is 1. The fraction of sp³-hybridized carbons (Fsp3) is 0.375. The molecule has 1 fully saturated rings. The molecule has 9 nitrogen and oxygen atoms in total. The maximum absolute atomic E-state index is 15.3. The van der Waals surface area contributed by atoms with Crippen LogP contribution in [0.5, 0.6) is 5.88 Å². The first-order valence-electron chi connectivity index (χ1n) is 11.2. The van der Waals surface area contributed by atoms with Crippen LogP contribution in [0.4, 0.5) is 26.4 Å². The van der Waals surface area contributed by atoms with Crippen LogP contribution in [0, 0.1) is 12.7 Å². The summed E-state index contributed by atoms with van der Waals surface area (Å²) in [6.45, 7) is 4.74. The van der Waals surface area contributed by atoms with Crippen molar-refractivity contribution in [2.75, 3.05) is 29.5 Å². The minimum atomic E-state index is -0.824. The highest BCUT2D eigenvalue weighted by Crippen LogP contribution is 2.39. The number of rotatable bonds is 3. The number of carbonyl (C=O) groups is 1. The second-order valence-corrected chi connectivity index (χ2v) is 9.09. The molecule has 0 bridgehead atoms. The summed E-state index contributed by atoms with van der Waals surface area (Å²) in [6, 6.07) is 3.27. The van der Waals surface area contributed by atoms with Crippen LogP contribution in [0.3, 0.4) is 0 Å². The van der Waals surface area contributed by atoms with Crippen LogP contribution in [0.15, 0.2) is 24.5 Å². The second-order valence-electron chi connectivity index (χ2n) is 9.09. The Hall–Kier alpha value is -3.37. The average Bonchev–Trinajstić information content (AvgIpc) is 3.14. The van der Waals surface area contributed by atoms with Gasteiger partial charge in [-0.3, -0.25) is 5.32 Å². The van der Waals surface area contributed by atoms with Crippen molar-refractivity contribution in [2.45, 2.75) is 44.8 Å². The molecule has 5 N–H and O–H groups in total. The Morgan fingerprint density at radius 1 is 1.34 bits per heavy atom. The molecule has 1 amide bonds. The largest absolute Gasteiger partial charge is 0.474 e. The van der Waals surface area contributed by atoms with Gasteiger partial charge in [-0.1, -0.05) is 0 Å². The molecule has 0 spiro atoms. The number of nitrogens with two attached hydrogens (primary N) is 1. The predicted octanol–water partition coefficient (Wildman–Crippen LogP) is 4.40. The molecule has 1 aromatic carbocycles. The Morgan fingerprint density at radius 2 is 2.14 bits per heavy atom. The van der Waals surface area contributed by atoms with Crippen molar-refractivity contribution in [3.8, 4) is 17.0 Å². The first kappa shape index (κ1) is 24.7. The van der Waals surface area contributed by atoms with Crippen molar-refractivity contribution < 1.29 is 23.8 Å². The minimum Gasteiger partial charge on any atom is -0.474 e. The SMILES string of the molecule is Cc1c(-c2cc3cc(NC(=O)O[C@H]4CC[C@@](C)(O)C4)ncc3c(N)c2F)cnc2c1NCCO2.Cl. The maximum Gasteiger partial charge on any atom is 0.413 e. The lowest BCUT2D eigenvalue weighted by molar-refractivity contribution is 0.0453. The van der Waals surface area contributed by atoms with Gasteiger partial charge in [0.05, 0.1) is 11.3 Å². The highest BCUT2D eigenvalue weighted by atomic mass is 35.5. The molecule has 3 heterocycles. The lowest BCUT2D eigenvalue weighted by atomic mass is 9.97. The zero-order valence-electron chi connectivity index (χ0n) is 19.4. The summed E-state index contributed by atoms with van der Waals surface area (Å²) in [5.41, 5.74) is 7.66. The summed E-state index contributed by atoms with van der Waals surface area (Å²) in [4.78, 5) is 20.8. The van der Waals surface area contributed by atoms with Gasteiger partial charge < -0.3 is 25.6 Å². The topological polar surface area (TPSA) is 132 Å². The number of benzene rings is 1. The highest BCUT2D eigenvalue weighted by molar-refractivity contribution is 5.99. The summed E-state index contributed by atoms with van der Waals surface area (Å²) in [5.74, 6) is 0.165. The predicted molar refractivity (Wildman–Crippen MR) is 134 cm³/mol. The van der Waals surface area contributed by atoms with E-state index >= 15 is 4.39 Å². The summed E-state index contributed by atoms with van der Waals surface area (Å²) in [5, 5.41) is 16.9. The Bertz CT molecular complexity index is 1300. The number of fused-ring (bicyclic) bond motifs is 2. The fourth-order valence-corrected chi connectivity index (χ4v) is 4.61. The maximum atomic E-state index is 15.3. The molecule has 11 heteroatoms. The first-order chi connectivity index (χ1) is 16.2. The van der Waals surface area contributed by atoms with Crippen LogP contribution in [0.1, 0.15) is 31.7 Å². The molecular weight excluding hydrogens is 477 g/mol. The molecule has 1 aliphatic heterocycles. The number of amides is 1. The lowest BCUT2D eigenvalue weighted by Gasteiger charge is -2.22. The number of aromatic nitrogens is 2. The number of halogens is 2. The third-order valence-corrected chi connectivity index (χ3v) is 6.41. The van der Waals surface area contributed by atoms with E-state index in [1.807, 2.05) is 6.92 Å². The summed E-state index contributed by atoms with van der Waals surface area (Å²) in [7, 11) is 0. The van der Waals surface area contributed by atoms with Gasteiger partial charge in [-0.15, -0.1) is 12.4 Å². The number of hydrogen-bond donors (Lipinski definition) is 4. The Labute approximate surface area is 207 Å². The molecule has 5 rings (SSSR count). The molecule has 2 aromatic heterocycles. The molecule has 0 radical (unpaired) electrons. The Morgan fingerprint density at radius 3 is 2.89 bits per heavy atom. The number of pyridine rings is 2. The number of nitrogens with one attached hydrogen (secondary N) is 2. The molecule has 2 atom stereocenters. The fourth-order valence-electron chi connectivity index (χ4n) is 4.61. The van der Waals surface area contributed by atoms with Crippen LogP contribution in [-0.4, -0.2) is 46.0 Å². The van der Waals surface area contributed by atoms with Crippen molar-refractivity contribution >= 4 is 46.5 Å².